The molecule has 1 N–H and O–H groups in total. The third-order valence-corrected chi connectivity index (χ3v) is 7.39. The number of carbonyl (C=O) groups is 2. The van der Waals surface area contributed by atoms with E-state index >= 15 is 0 Å². The van der Waals surface area contributed by atoms with Gasteiger partial charge in [-0.05, 0) is 74.8 Å². The predicted octanol–water partition coefficient (Wildman–Crippen LogP) is 2.91. The summed E-state index contributed by atoms with van der Waals surface area (Å²) in [6.07, 6.45) is 10.1. The Kier molecular flexibility index (Phi) is 3.87. The molecule has 26 heavy (non-hydrogen) atoms. The molecule has 4 aliphatic carbocycles. The summed E-state index contributed by atoms with van der Waals surface area (Å²) in [4.78, 5) is 33.1. The zero-order valence-corrected chi connectivity index (χ0v) is 15.5. The molecule has 5 fully saturated rings. The largest absolute Gasteiger partial charge is 0.357 e. The molecule has 0 atom stereocenters. The zero-order chi connectivity index (χ0) is 17.7. The molecule has 140 valence electrons. The SMILES string of the molecule is O=C(c1ccc[nH]1)N1CCCN(C(=O)C23CC4CC(CC(C4)C2)C3)CC1. The van der Waals surface area contributed by atoms with Crippen LogP contribution in [-0.2, 0) is 4.79 Å². The highest BCUT2D eigenvalue weighted by molar-refractivity contribution is 5.92. The molecule has 5 aliphatic rings. The maximum absolute atomic E-state index is 13.5. The topological polar surface area (TPSA) is 56.4 Å². The van der Waals surface area contributed by atoms with E-state index in [9.17, 15) is 9.59 Å². The number of nitrogens with zero attached hydrogens (tertiary/aromatic N) is 2. The minimum Gasteiger partial charge on any atom is -0.357 e. The molecule has 1 aliphatic heterocycles. The van der Waals surface area contributed by atoms with Crippen molar-refractivity contribution in [2.75, 3.05) is 26.2 Å². The van der Waals surface area contributed by atoms with Gasteiger partial charge in [-0.3, -0.25) is 9.59 Å². The van der Waals surface area contributed by atoms with Crippen LogP contribution in [0, 0.1) is 23.2 Å². The molecule has 6 rings (SSSR count). The number of nitrogens with one attached hydrogen (secondary N) is 1. The molecule has 0 aromatic carbocycles. The molecule has 5 heteroatoms. The van der Waals surface area contributed by atoms with Crippen LogP contribution in [-0.4, -0.2) is 52.8 Å². The first-order valence-corrected chi connectivity index (χ1v) is 10.3. The standard InChI is InChI=1S/C21H29N3O2/c25-19(18-3-1-4-22-18)23-5-2-6-24(8-7-23)20(26)21-12-15-9-16(13-21)11-17(10-15)14-21/h1,3-4,15-17,22H,2,5-14H2. The van der Waals surface area contributed by atoms with Gasteiger partial charge in [0, 0.05) is 32.4 Å². The maximum Gasteiger partial charge on any atom is 0.270 e. The Bertz CT molecular complexity index is 661. The fourth-order valence-electron chi connectivity index (χ4n) is 6.67. The Labute approximate surface area is 155 Å². The average Bonchev–Trinajstić information content (AvgIpc) is 3.04. The number of hydrogen-bond donors (Lipinski definition) is 1. The van der Waals surface area contributed by atoms with Crippen molar-refractivity contribution in [3.63, 3.8) is 0 Å². The van der Waals surface area contributed by atoms with E-state index in [2.05, 4.69) is 9.88 Å². The lowest BCUT2D eigenvalue weighted by molar-refractivity contribution is -0.157. The van der Waals surface area contributed by atoms with Crippen LogP contribution in [0.25, 0.3) is 0 Å². The summed E-state index contributed by atoms with van der Waals surface area (Å²) in [7, 11) is 0. The maximum atomic E-state index is 13.5. The molecule has 0 unspecified atom stereocenters. The molecule has 1 aromatic heterocycles. The second-order valence-corrected chi connectivity index (χ2v) is 9.22. The van der Waals surface area contributed by atoms with Crippen LogP contribution < -0.4 is 0 Å². The van der Waals surface area contributed by atoms with Crippen LogP contribution in [0.4, 0.5) is 0 Å². The van der Waals surface area contributed by atoms with Crippen LogP contribution >= 0.6 is 0 Å². The molecule has 5 nitrogen and oxygen atoms in total. The second-order valence-electron chi connectivity index (χ2n) is 9.22. The fourth-order valence-corrected chi connectivity index (χ4v) is 6.67. The molecule has 2 amide bonds. The third kappa shape index (κ3) is 2.67. The normalized spacial score (nSPS) is 36.2. The molecule has 2 heterocycles. The highest BCUT2D eigenvalue weighted by Crippen LogP contribution is 2.60. The summed E-state index contributed by atoms with van der Waals surface area (Å²) in [5, 5.41) is 0. The summed E-state index contributed by atoms with van der Waals surface area (Å²) in [5.74, 6) is 2.85. The molecule has 0 radical (unpaired) electrons. The predicted molar refractivity (Wildman–Crippen MR) is 98.5 cm³/mol. The lowest BCUT2D eigenvalue weighted by Gasteiger charge is -2.56. The highest BCUT2D eigenvalue weighted by atomic mass is 16.2. The lowest BCUT2D eigenvalue weighted by Crippen LogP contribution is -2.55. The second kappa shape index (κ2) is 6.14. The van der Waals surface area contributed by atoms with Crippen molar-refractivity contribution < 1.29 is 9.59 Å². The Morgan fingerprint density at radius 1 is 0.923 bits per heavy atom. The Balaban J connectivity index is 1.28. The number of amides is 2. The van der Waals surface area contributed by atoms with E-state index < -0.39 is 0 Å². The summed E-state index contributed by atoms with van der Waals surface area (Å²) in [5.41, 5.74) is 0.582. The smallest absolute Gasteiger partial charge is 0.270 e. The van der Waals surface area contributed by atoms with Crippen molar-refractivity contribution >= 4 is 11.8 Å². The highest BCUT2D eigenvalue weighted by Gasteiger charge is 2.55. The van der Waals surface area contributed by atoms with E-state index in [1.54, 1.807) is 6.20 Å². The molecule has 4 saturated carbocycles. The van der Waals surface area contributed by atoms with Crippen molar-refractivity contribution in [1.82, 2.24) is 14.8 Å². The van der Waals surface area contributed by atoms with Crippen LogP contribution in [0.2, 0.25) is 0 Å². The Morgan fingerprint density at radius 2 is 1.54 bits per heavy atom. The first-order chi connectivity index (χ1) is 12.6. The van der Waals surface area contributed by atoms with Crippen molar-refractivity contribution in [3.8, 4) is 0 Å². The van der Waals surface area contributed by atoms with E-state index in [0.29, 0.717) is 24.7 Å². The van der Waals surface area contributed by atoms with Gasteiger partial charge in [-0.15, -0.1) is 0 Å². The fraction of sp³-hybridized carbons (Fsp3) is 0.714. The number of carbonyl (C=O) groups excluding carboxylic acids is 2. The van der Waals surface area contributed by atoms with E-state index in [4.69, 9.17) is 0 Å². The number of rotatable bonds is 2. The minimum absolute atomic E-state index is 0.0547. The van der Waals surface area contributed by atoms with Crippen LogP contribution in [0.3, 0.4) is 0 Å². The lowest BCUT2D eigenvalue weighted by atomic mass is 9.49. The number of aromatic nitrogens is 1. The van der Waals surface area contributed by atoms with Crippen molar-refractivity contribution in [3.05, 3.63) is 24.0 Å². The summed E-state index contributed by atoms with van der Waals surface area (Å²) >= 11 is 0. The molecular formula is C21H29N3O2. The summed E-state index contributed by atoms with van der Waals surface area (Å²) in [6, 6.07) is 3.68. The summed E-state index contributed by atoms with van der Waals surface area (Å²) in [6.45, 7) is 2.88. The first kappa shape index (κ1) is 16.4. The van der Waals surface area contributed by atoms with Crippen LogP contribution in [0.1, 0.15) is 55.4 Å². The van der Waals surface area contributed by atoms with Gasteiger partial charge in [0.25, 0.3) is 5.91 Å². The van der Waals surface area contributed by atoms with Crippen LogP contribution in [0.5, 0.6) is 0 Å². The van der Waals surface area contributed by atoms with Gasteiger partial charge in [-0.25, -0.2) is 0 Å². The average molecular weight is 355 g/mol. The minimum atomic E-state index is -0.0621. The van der Waals surface area contributed by atoms with Crippen molar-refractivity contribution in [2.24, 2.45) is 23.2 Å². The van der Waals surface area contributed by atoms with Gasteiger partial charge >= 0.3 is 0 Å². The van der Waals surface area contributed by atoms with E-state index in [-0.39, 0.29) is 11.3 Å². The Hall–Kier alpha value is -1.78. The number of hydrogen-bond acceptors (Lipinski definition) is 2. The van der Waals surface area contributed by atoms with E-state index in [0.717, 1.165) is 56.5 Å². The van der Waals surface area contributed by atoms with Gasteiger partial charge in [0.15, 0.2) is 0 Å². The molecule has 1 saturated heterocycles. The van der Waals surface area contributed by atoms with Crippen molar-refractivity contribution in [1.29, 1.82) is 0 Å². The van der Waals surface area contributed by atoms with Gasteiger partial charge in [0.1, 0.15) is 5.69 Å². The molecule has 1 aromatic rings. The quantitative estimate of drug-likeness (QED) is 0.887. The van der Waals surface area contributed by atoms with Gasteiger partial charge in [0.05, 0.1) is 5.41 Å². The van der Waals surface area contributed by atoms with Gasteiger partial charge in [0.2, 0.25) is 5.91 Å². The van der Waals surface area contributed by atoms with Gasteiger partial charge < -0.3 is 14.8 Å². The first-order valence-electron chi connectivity index (χ1n) is 10.3. The monoisotopic (exact) mass is 355 g/mol. The number of H-pyrrole nitrogens is 1. The van der Waals surface area contributed by atoms with E-state index in [1.165, 1.54) is 19.3 Å². The zero-order valence-electron chi connectivity index (χ0n) is 15.5. The van der Waals surface area contributed by atoms with Crippen LogP contribution in [0.15, 0.2) is 18.3 Å². The summed E-state index contributed by atoms with van der Waals surface area (Å²) < 4.78 is 0. The third-order valence-electron chi connectivity index (χ3n) is 7.39. The van der Waals surface area contributed by atoms with Gasteiger partial charge in [-0.2, -0.15) is 0 Å². The Morgan fingerprint density at radius 3 is 2.15 bits per heavy atom. The van der Waals surface area contributed by atoms with Gasteiger partial charge in [-0.1, -0.05) is 0 Å². The molecular weight excluding hydrogens is 326 g/mol. The number of aromatic amines is 1. The van der Waals surface area contributed by atoms with Crippen molar-refractivity contribution in [2.45, 2.75) is 44.9 Å². The van der Waals surface area contributed by atoms with E-state index in [1.807, 2.05) is 17.0 Å². The molecule has 0 spiro atoms. The molecule has 4 bridgehead atoms.